The summed E-state index contributed by atoms with van der Waals surface area (Å²) >= 11 is 0. The van der Waals surface area contributed by atoms with Crippen LogP contribution in [-0.4, -0.2) is 12.8 Å². The Bertz CT molecular complexity index is 430. The Morgan fingerprint density at radius 2 is 2.12 bits per heavy atom. The third-order valence-electron chi connectivity index (χ3n) is 2.64. The molecule has 0 aromatic heterocycles. The van der Waals surface area contributed by atoms with E-state index >= 15 is 0 Å². The molecule has 0 unspecified atom stereocenters. The van der Waals surface area contributed by atoms with Crippen LogP contribution in [0.15, 0.2) is 34.8 Å². The molecule has 0 aliphatic heterocycles. The van der Waals surface area contributed by atoms with E-state index in [2.05, 4.69) is 18.8 Å². The van der Waals surface area contributed by atoms with Crippen molar-refractivity contribution in [2.24, 2.45) is 4.99 Å². The van der Waals surface area contributed by atoms with Gasteiger partial charge in [0, 0.05) is 12.6 Å². The van der Waals surface area contributed by atoms with Gasteiger partial charge in [-0.05, 0) is 50.1 Å². The molecule has 0 aliphatic carbocycles. The van der Waals surface area contributed by atoms with Crippen molar-refractivity contribution in [2.45, 2.75) is 27.2 Å². The highest BCUT2D eigenvalue weighted by Gasteiger charge is 2.03. The van der Waals surface area contributed by atoms with Gasteiger partial charge in [-0.15, -0.1) is 0 Å². The normalized spacial score (nSPS) is 13.1. The van der Waals surface area contributed by atoms with Crippen molar-refractivity contribution in [1.82, 2.24) is 0 Å². The van der Waals surface area contributed by atoms with Crippen molar-refractivity contribution in [3.8, 4) is 0 Å². The Balaban J connectivity index is 3.11. The lowest BCUT2D eigenvalue weighted by Crippen LogP contribution is -1.99. The van der Waals surface area contributed by atoms with E-state index in [1.165, 1.54) is 11.6 Å². The van der Waals surface area contributed by atoms with E-state index in [0.717, 1.165) is 17.7 Å². The zero-order valence-corrected chi connectivity index (χ0v) is 10.3. The van der Waals surface area contributed by atoms with Crippen molar-refractivity contribution >= 4 is 5.71 Å². The molecule has 1 aromatic carbocycles. The van der Waals surface area contributed by atoms with Crippen LogP contribution >= 0.6 is 0 Å². The molecular weight excluding hydrogens is 201 g/mol. The van der Waals surface area contributed by atoms with Gasteiger partial charge in [-0.25, -0.2) is 4.39 Å². The molecule has 0 bridgehead atoms. The molecule has 0 fully saturated rings. The fourth-order valence-electron chi connectivity index (χ4n) is 1.42. The maximum absolute atomic E-state index is 13.1. The number of hydrogen-bond acceptors (Lipinski definition) is 1. The number of benzene rings is 1. The topological polar surface area (TPSA) is 12.4 Å². The number of halogens is 1. The SMILES string of the molecule is CC/C(C)=C/C(=NC)c1ccc(F)c(C)c1. The summed E-state index contributed by atoms with van der Waals surface area (Å²) in [4.78, 5) is 4.23. The molecule has 16 heavy (non-hydrogen) atoms. The van der Waals surface area contributed by atoms with Gasteiger partial charge in [0.25, 0.3) is 0 Å². The largest absolute Gasteiger partial charge is 0.288 e. The molecule has 0 radical (unpaired) electrons. The Morgan fingerprint density at radius 1 is 1.44 bits per heavy atom. The average molecular weight is 219 g/mol. The minimum atomic E-state index is -0.171. The summed E-state index contributed by atoms with van der Waals surface area (Å²) in [6.45, 7) is 5.94. The second-order valence-corrected chi connectivity index (χ2v) is 3.92. The fourth-order valence-corrected chi connectivity index (χ4v) is 1.42. The van der Waals surface area contributed by atoms with Gasteiger partial charge in [0.1, 0.15) is 5.82 Å². The summed E-state index contributed by atoms with van der Waals surface area (Å²) in [5, 5.41) is 0. The molecule has 0 saturated carbocycles. The molecule has 1 nitrogen and oxygen atoms in total. The molecule has 0 amide bonds. The second-order valence-electron chi connectivity index (χ2n) is 3.92. The third kappa shape index (κ3) is 3.02. The molecular formula is C14H18FN. The highest BCUT2D eigenvalue weighted by molar-refractivity contribution is 6.09. The van der Waals surface area contributed by atoms with Gasteiger partial charge in [-0.1, -0.05) is 12.5 Å². The summed E-state index contributed by atoms with van der Waals surface area (Å²) < 4.78 is 13.1. The number of nitrogens with zero attached hydrogens (tertiary/aromatic N) is 1. The Kier molecular flexibility index (Phi) is 4.41. The van der Waals surface area contributed by atoms with Gasteiger partial charge < -0.3 is 0 Å². The number of aryl methyl sites for hydroxylation is 1. The molecule has 0 saturated heterocycles. The summed E-state index contributed by atoms with van der Waals surface area (Å²) in [5.74, 6) is -0.171. The van der Waals surface area contributed by atoms with E-state index in [1.54, 1.807) is 20.0 Å². The van der Waals surface area contributed by atoms with Gasteiger partial charge in [0.2, 0.25) is 0 Å². The molecule has 0 N–H and O–H groups in total. The maximum atomic E-state index is 13.1. The lowest BCUT2D eigenvalue weighted by atomic mass is 10.0. The van der Waals surface area contributed by atoms with Crippen LogP contribution in [0, 0.1) is 12.7 Å². The van der Waals surface area contributed by atoms with Crippen LogP contribution in [0.5, 0.6) is 0 Å². The molecule has 0 aliphatic rings. The Hall–Kier alpha value is -1.44. The number of rotatable bonds is 3. The van der Waals surface area contributed by atoms with Crippen LogP contribution < -0.4 is 0 Å². The Morgan fingerprint density at radius 3 is 2.62 bits per heavy atom. The van der Waals surface area contributed by atoms with Crippen LogP contribution in [0.25, 0.3) is 0 Å². The predicted octanol–water partition coefficient (Wildman–Crippen LogP) is 3.91. The van der Waals surface area contributed by atoms with Crippen LogP contribution in [-0.2, 0) is 0 Å². The van der Waals surface area contributed by atoms with E-state index in [-0.39, 0.29) is 5.82 Å². The lowest BCUT2D eigenvalue weighted by Gasteiger charge is -2.05. The minimum Gasteiger partial charge on any atom is -0.288 e. The van der Waals surface area contributed by atoms with E-state index in [1.807, 2.05) is 12.1 Å². The molecule has 0 spiro atoms. The first kappa shape index (κ1) is 12.6. The molecule has 86 valence electrons. The number of aliphatic imine (C=N–C) groups is 1. The smallest absolute Gasteiger partial charge is 0.126 e. The van der Waals surface area contributed by atoms with Gasteiger partial charge in [-0.3, -0.25) is 4.99 Å². The number of allylic oxidation sites excluding steroid dienone is 2. The van der Waals surface area contributed by atoms with Crippen molar-refractivity contribution in [3.05, 3.63) is 46.8 Å². The van der Waals surface area contributed by atoms with Crippen LogP contribution in [0.3, 0.4) is 0 Å². The maximum Gasteiger partial charge on any atom is 0.126 e. The monoisotopic (exact) mass is 219 g/mol. The molecule has 0 heterocycles. The Labute approximate surface area is 96.7 Å². The van der Waals surface area contributed by atoms with Crippen molar-refractivity contribution in [2.75, 3.05) is 7.05 Å². The minimum absolute atomic E-state index is 0.171. The van der Waals surface area contributed by atoms with Gasteiger partial charge >= 0.3 is 0 Å². The third-order valence-corrected chi connectivity index (χ3v) is 2.64. The van der Waals surface area contributed by atoms with Crippen molar-refractivity contribution in [3.63, 3.8) is 0 Å². The molecule has 2 heteroatoms. The summed E-state index contributed by atoms with van der Waals surface area (Å²) in [6, 6.07) is 5.09. The molecule has 0 atom stereocenters. The van der Waals surface area contributed by atoms with E-state index in [4.69, 9.17) is 0 Å². The van der Waals surface area contributed by atoms with Gasteiger partial charge in [0.15, 0.2) is 0 Å². The quantitative estimate of drug-likeness (QED) is 0.683. The van der Waals surface area contributed by atoms with Crippen molar-refractivity contribution < 1.29 is 4.39 Å². The lowest BCUT2D eigenvalue weighted by molar-refractivity contribution is 0.618. The average Bonchev–Trinajstić information content (AvgIpc) is 2.29. The highest BCUT2D eigenvalue weighted by Crippen LogP contribution is 2.12. The summed E-state index contributed by atoms with van der Waals surface area (Å²) in [6.07, 6.45) is 3.05. The van der Waals surface area contributed by atoms with E-state index < -0.39 is 0 Å². The van der Waals surface area contributed by atoms with E-state index in [0.29, 0.717) is 5.56 Å². The molecule has 1 aromatic rings. The first-order valence-corrected chi connectivity index (χ1v) is 5.49. The standard InChI is InChI=1S/C14H18FN/c1-5-10(2)8-14(16-4)12-6-7-13(15)11(3)9-12/h6-9H,5H2,1-4H3/b10-8+,16-14?. The van der Waals surface area contributed by atoms with E-state index in [9.17, 15) is 4.39 Å². The second kappa shape index (κ2) is 5.59. The van der Waals surface area contributed by atoms with Crippen LogP contribution in [0.2, 0.25) is 0 Å². The summed E-state index contributed by atoms with van der Waals surface area (Å²) in [7, 11) is 1.76. The zero-order valence-electron chi connectivity index (χ0n) is 10.3. The predicted molar refractivity (Wildman–Crippen MR) is 67.6 cm³/mol. The first-order valence-electron chi connectivity index (χ1n) is 5.49. The fraction of sp³-hybridized carbons (Fsp3) is 0.357. The highest BCUT2D eigenvalue weighted by atomic mass is 19.1. The van der Waals surface area contributed by atoms with Crippen LogP contribution in [0.4, 0.5) is 4.39 Å². The number of hydrogen-bond donors (Lipinski definition) is 0. The van der Waals surface area contributed by atoms with Gasteiger partial charge in [0.05, 0.1) is 5.71 Å². The molecule has 1 rings (SSSR count). The zero-order chi connectivity index (χ0) is 12.1. The van der Waals surface area contributed by atoms with Crippen LogP contribution in [0.1, 0.15) is 31.4 Å². The van der Waals surface area contributed by atoms with Crippen molar-refractivity contribution in [1.29, 1.82) is 0 Å². The first-order chi connectivity index (χ1) is 7.58. The summed E-state index contributed by atoms with van der Waals surface area (Å²) in [5.41, 5.74) is 3.79. The van der Waals surface area contributed by atoms with Gasteiger partial charge in [-0.2, -0.15) is 0 Å².